The number of rotatable bonds is 28. The fraction of sp³-hybridized carbons (Fsp3) is 0.365. The third kappa shape index (κ3) is 21.3. The van der Waals surface area contributed by atoms with Gasteiger partial charge in [0.25, 0.3) is 5.69 Å². The van der Waals surface area contributed by atoms with Crippen LogP contribution >= 0.6 is 0 Å². The van der Waals surface area contributed by atoms with Crippen LogP contribution in [0.5, 0.6) is 0 Å². The predicted molar refractivity (Wildman–Crippen MR) is 466 cm³/mol. The second kappa shape index (κ2) is 38.7. The summed E-state index contributed by atoms with van der Waals surface area (Å²) in [5.74, 6) is 0.652. The number of nitrogens with two attached hydrogens (primary N) is 2. The average Bonchev–Trinajstić information content (AvgIpc) is 1.62. The number of piperazine rings is 1. The molecule has 0 aromatic heterocycles. The molecule has 0 amide bonds. The number of aliphatic hydroxyl groups excluding tert-OH is 3. The van der Waals surface area contributed by atoms with E-state index in [0.29, 0.717) is 48.7 Å². The van der Waals surface area contributed by atoms with Crippen LogP contribution in [0.2, 0.25) is 0 Å². The van der Waals surface area contributed by atoms with Crippen molar-refractivity contribution in [1.29, 1.82) is 0 Å². The summed E-state index contributed by atoms with van der Waals surface area (Å²) >= 11 is 0. The topological polar surface area (TPSA) is 227 Å². The quantitative estimate of drug-likeness (QED) is 0.00883. The average molecular weight is 1540 g/mol. The van der Waals surface area contributed by atoms with E-state index in [-0.39, 0.29) is 41.6 Å². The summed E-state index contributed by atoms with van der Waals surface area (Å²) in [5.41, 5.74) is 33.7. The molecule has 0 radical (unpaired) electrons. The number of aliphatic imine (C=N–C) groups is 1. The number of nitrogens with zero attached hydrogens (tertiary/aromatic N) is 6. The van der Waals surface area contributed by atoms with E-state index in [9.17, 15) is 33.9 Å². The Morgan fingerprint density at radius 1 is 0.487 bits per heavy atom. The minimum absolute atomic E-state index is 0.0428. The van der Waals surface area contributed by atoms with Crippen LogP contribution in [0.3, 0.4) is 0 Å². The van der Waals surface area contributed by atoms with Crippen LogP contribution in [0, 0.1) is 15.5 Å². The first kappa shape index (κ1) is 81.0. The first-order valence-electron chi connectivity index (χ1n) is 41.1. The maximum Gasteiger partial charge on any atom is 0.269 e. The number of nitro groups is 1. The van der Waals surface area contributed by atoms with Gasteiger partial charge in [-0.2, -0.15) is 0 Å². The molecule has 3 heterocycles. The van der Waals surface area contributed by atoms with E-state index >= 15 is 0 Å². The number of sulfonamides is 1. The monoisotopic (exact) mass is 1540 g/mol. The molecule has 17 heteroatoms. The van der Waals surface area contributed by atoms with Gasteiger partial charge in [0.1, 0.15) is 0 Å². The summed E-state index contributed by atoms with van der Waals surface area (Å²) in [4.78, 5) is 25.3. The minimum atomic E-state index is -3.31. The number of piperidine rings is 1. The van der Waals surface area contributed by atoms with Crippen molar-refractivity contribution in [3.05, 3.63) is 302 Å². The Balaban J connectivity index is 0.000000148. The fourth-order valence-electron chi connectivity index (χ4n) is 17.2. The van der Waals surface area contributed by atoms with Gasteiger partial charge >= 0.3 is 0 Å². The van der Waals surface area contributed by atoms with Crippen molar-refractivity contribution in [2.75, 3.05) is 86.7 Å². The molecule has 0 bridgehead atoms. The Morgan fingerprint density at radius 3 is 1.29 bits per heavy atom. The van der Waals surface area contributed by atoms with Crippen molar-refractivity contribution >= 4 is 77.9 Å². The Kier molecular flexibility index (Phi) is 27.8. The molecule has 0 unspecified atom stereocenters. The van der Waals surface area contributed by atoms with Crippen molar-refractivity contribution in [2.45, 2.75) is 146 Å². The van der Waals surface area contributed by atoms with Gasteiger partial charge < -0.3 is 41.5 Å². The van der Waals surface area contributed by atoms with Crippen LogP contribution in [0.4, 0.5) is 28.4 Å². The van der Waals surface area contributed by atoms with E-state index in [1.165, 1.54) is 99.0 Å². The highest BCUT2D eigenvalue weighted by atomic mass is 32.2. The number of guanidine groups is 1. The molecule has 16 nitrogen and oxygen atoms in total. The molecule has 3 saturated carbocycles. The number of benzene rings is 9. The zero-order chi connectivity index (χ0) is 78.7. The summed E-state index contributed by atoms with van der Waals surface area (Å²) < 4.78 is 27.7. The molecule has 9 aromatic carbocycles. The Morgan fingerprint density at radius 2 is 0.894 bits per heavy atom. The van der Waals surface area contributed by atoms with Crippen molar-refractivity contribution in [3.8, 4) is 0 Å². The van der Waals surface area contributed by atoms with Crippen molar-refractivity contribution in [1.82, 2.24) is 9.80 Å². The number of hydrogen-bond acceptors (Lipinski definition) is 12. The molecule has 9 aromatic rings. The molecule has 3 saturated heterocycles. The molecular formula is C96H113N9O7S. The van der Waals surface area contributed by atoms with E-state index in [4.69, 9.17) is 11.5 Å². The first-order chi connectivity index (χ1) is 55.1. The molecule has 3 aliphatic heterocycles. The van der Waals surface area contributed by atoms with Gasteiger partial charge in [-0.05, 0) is 284 Å². The third-order valence-corrected chi connectivity index (χ3v) is 25.5. The zero-order valence-corrected chi connectivity index (χ0v) is 66.7. The molecule has 8 N–H and O–H groups in total. The lowest BCUT2D eigenvalue weighted by atomic mass is 9.85. The number of non-ortho nitro benzene ring substituents is 1. The van der Waals surface area contributed by atoms with E-state index in [1.54, 1.807) is 12.1 Å². The summed E-state index contributed by atoms with van der Waals surface area (Å²) in [6, 6.07) is 82.0. The Hall–Kier alpha value is -9.98. The Bertz CT molecular complexity index is 4790. The number of likely N-dealkylation sites (tertiary alicyclic amines) is 1. The highest BCUT2D eigenvalue weighted by molar-refractivity contribution is 7.93. The second-order valence-corrected chi connectivity index (χ2v) is 33.7. The smallest absolute Gasteiger partial charge is 0.269 e. The van der Waals surface area contributed by atoms with Crippen molar-refractivity contribution in [3.63, 3.8) is 0 Å². The maximum atomic E-state index is 12.5. The number of aliphatic hydroxyl groups is 3. The lowest BCUT2D eigenvalue weighted by Crippen LogP contribution is -2.48. The van der Waals surface area contributed by atoms with E-state index in [1.807, 2.05) is 78.9 Å². The summed E-state index contributed by atoms with van der Waals surface area (Å²) in [7, 11) is -3.31. The molecule has 0 atom stereocenters. The lowest BCUT2D eigenvalue weighted by Gasteiger charge is -2.38. The van der Waals surface area contributed by atoms with Crippen LogP contribution in [-0.2, 0) is 10.0 Å². The van der Waals surface area contributed by atoms with Crippen molar-refractivity contribution in [2.24, 2.45) is 21.9 Å². The van der Waals surface area contributed by atoms with Gasteiger partial charge in [0.15, 0.2) is 5.96 Å². The number of nitrogens with one attached hydrogen (secondary N) is 1. The van der Waals surface area contributed by atoms with Crippen LogP contribution < -0.4 is 26.0 Å². The molecule has 590 valence electrons. The highest BCUT2D eigenvalue weighted by Gasteiger charge is 2.41. The van der Waals surface area contributed by atoms with Gasteiger partial charge in [-0.1, -0.05) is 177 Å². The standard InChI is InChI=1S/C34H40N2O3S.C31H39N5O.C31H34N2O3/c37-24-4-7-33(27-5-2-1-3-6-27)34(29-12-14-30(15-13-29)35-40(38,39)32-18-19-32)28-10-8-25(9-11-28)26-20-22-36(23-21-26)31-16-17-31;1-23(2)35-18-20-36(21-19-35)28-16-12-26(13-17-28)30(25-10-14-27(15-11-25)34-31(32)33)29(9-6-22-37)24-7-4-3-5-8-24;34-22-6-9-29(24-7-2-1-3-8-24)30(26-12-16-28(17-13-26)33(35)36)25-10-14-27(15-11-25)32-21-20-31(23-32)18-4-5-19-31/h1-3,5-6,8-15,26,31-32,35,37H,4,7,16-24H2;3-5,7-8,10-17,23,37H,6,9,18-22H2,1-2H3,(H4,32,33,34);1-3,7-8,10-17,34H,4-6,9,18-23H2/b34-33+;30-29-;30-29+. The molecule has 6 aliphatic rings. The SMILES string of the molecule is CC(C)N1CCN(c2ccc(/C(=C(/CCCO)c3ccccc3)c3ccc(N=C(N)N)cc3)cc2)CC1.O=S(=O)(Nc1ccc(/C(=C(\CCCO)c2ccccc2)c2ccc(C3CCN(C4CC4)CC3)cc2)cc1)C1CC1.O=[N+]([O-])c1ccc(/C(=C(\CCCO)c2ccccc2)c2ccc(N3CCC4(CCCC4)C3)cc2)cc1. The van der Waals surface area contributed by atoms with Crippen LogP contribution in [0.1, 0.15) is 185 Å². The number of nitro benzene ring substituents is 1. The molecule has 1 spiro atoms. The fourth-order valence-corrected chi connectivity index (χ4v) is 18.6. The number of hydrogen-bond donors (Lipinski definition) is 6. The lowest BCUT2D eigenvalue weighted by molar-refractivity contribution is -0.384. The molecule has 113 heavy (non-hydrogen) atoms. The van der Waals surface area contributed by atoms with Crippen LogP contribution in [-0.4, -0.2) is 134 Å². The van der Waals surface area contributed by atoms with Gasteiger partial charge in [-0.15, -0.1) is 0 Å². The minimum Gasteiger partial charge on any atom is -0.396 e. The van der Waals surface area contributed by atoms with Crippen LogP contribution in [0.15, 0.2) is 242 Å². The van der Waals surface area contributed by atoms with Crippen LogP contribution in [0.25, 0.3) is 33.4 Å². The van der Waals surface area contributed by atoms with E-state index in [2.05, 4.69) is 189 Å². The molecular weight excluding hydrogens is 1420 g/mol. The molecule has 6 fully saturated rings. The van der Waals surface area contributed by atoms with Gasteiger partial charge in [0.2, 0.25) is 10.0 Å². The van der Waals surface area contributed by atoms with Gasteiger partial charge in [0, 0.05) is 100 Å². The van der Waals surface area contributed by atoms with E-state index < -0.39 is 10.0 Å². The van der Waals surface area contributed by atoms with Gasteiger partial charge in [-0.25, -0.2) is 13.4 Å². The molecule has 15 rings (SSSR count). The Labute approximate surface area is 669 Å². The highest BCUT2D eigenvalue weighted by Crippen LogP contribution is 2.48. The maximum absolute atomic E-state index is 12.5. The summed E-state index contributed by atoms with van der Waals surface area (Å²) in [6.07, 6.45) is 17.7. The number of allylic oxidation sites excluding steroid dienone is 3. The van der Waals surface area contributed by atoms with Crippen molar-refractivity contribution < 1.29 is 28.7 Å². The summed E-state index contributed by atoms with van der Waals surface area (Å²) in [5, 5.41) is 40.0. The predicted octanol–water partition coefficient (Wildman–Crippen LogP) is 18.6. The first-order valence-corrected chi connectivity index (χ1v) is 42.7. The van der Waals surface area contributed by atoms with Gasteiger partial charge in [-0.3, -0.25) is 19.7 Å². The third-order valence-electron chi connectivity index (χ3n) is 23.7. The molecule has 3 aliphatic carbocycles. The van der Waals surface area contributed by atoms with Gasteiger partial charge in [0.05, 0.1) is 15.9 Å². The number of anilines is 3. The summed E-state index contributed by atoms with van der Waals surface area (Å²) in [6.45, 7) is 13.9. The largest absolute Gasteiger partial charge is 0.396 e. The van der Waals surface area contributed by atoms with E-state index in [0.717, 1.165) is 149 Å². The second-order valence-electron chi connectivity index (χ2n) is 31.7. The normalized spacial score (nSPS) is 17.3. The zero-order valence-electron chi connectivity index (χ0n) is 65.8.